The highest BCUT2D eigenvalue weighted by atomic mass is 19.1. The Hall–Kier alpha value is -3.62. The number of nitro benzene ring substituents is 1. The van der Waals surface area contributed by atoms with E-state index in [-0.39, 0.29) is 29.9 Å². The fraction of sp³-hybridized carbons (Fsp3) is 0.167. The number of nitrogens with zero attached hydrogens (tertiary/aromatic N) is 3. The minimum atomic E-state index is -0.783. The number of non-ortho nitro benzene ring substituents is 1. The summed E-state index contributed by atoms with van der Waals surface area (Å²) in [6, 6.07) is 8.12. The first-order valence-corrected chi connectivity index (χ1v) is 8.05. The van der Waals surface area contributed by atoms with Gasteiger partial charge in [-0.2, -0.15) is 0 Å². The fourth-order valence-electron chi connectivity index (χ4n) is 2.65. The van der Waals surface area contributed by atoms with Crippen LogP contribution >= 0.6 is 0 Å². The van der Waals surface area contributed by atoms with Gasteiger partial charge in [0.2, 0.25) is 5.91 Å². The van der Waals surface area contributed by atoms with E-state index in [0.717, 1.165) is 23.8 Å². The molecular formula is C18H15FN4O4. The third-order valence-corrected chi connectivity index (χ3v) is 4.07. The Morgan fingerprint density at radius 1 is 1.33 bits per heavy atom. The molecule has 0 atom stereocenters. The quantitative estimate of drug-likeness (QED) is 0.549. The summed E-state index contributed by atoms with van der Waals surface area (Å²) in [5.74, 6) is -1.36. The van der Waals surface area contributed by atoms with Crippen molar-refractivity contribution in [2.45, 2.75) is 19.9 Å². The van der Waals surface area contributed by atoms with Crippen molar-refractivity contribution in [3.63, 3.8) is 0 Å². The number of aromatic nitrogens is 2. The summed E-state index contributed by atoms with van der Waals surface area (Å²) >= 11 is 0. The number of halogens is 1. The van der Waals surface area contributed by atoms with Gasteiger partial charge in [-0.25, -0.2) is 9.37 Å². The second-order valence-electron chi connectivity index (χ2n) is 5.93. The second kappa shape index (κ2) is 7.32. The van der Waals surface area contributed by atoms with Gasteiger partial charge in [0.15, 0.2) is 0 Å². The third kappa shape index (κ3) is 3.81. The molecular weight excluding hydrogens is 355 g/mol. The number of anilines is 1. The molecule has 27 heavy (non-hydrogen) atoms. The molecule has 138 valence electrons. The van der Waals surface area contributed by atoms with E-state index in [2.05, 4.69) is 10.3 Å². The molecule has 2 aromatic carbocycles. The van der Waals surface area contributed by atoms with E-state index in [1.807, 2.05) is 13.0 Å². The minimum Gasteiger partial charge on any atom is -0.323 e. The molecule has 9 heteroatoms. The van der Waals surface area contributed by atoms with Crippen LogP contribution in [-0.4, -0.2) is 20.4 Å². The SMILES string of the molecule is Cc1cccc2c(=O)n(CCC(=O)Nc3cc([N+](=O)[O-])ccc3F)cnc12. The summed E-state index contributed by atoms with van der Waals surface area (Å²) in [5, 5.41) is 13.5. The smallest absolute Gasteiger partial charge is 0.271 e. The number of rotatable bonds is 5. The van der Waals surface area contributed by atoms with Gasteiger partial charge >= 0.3 is 0 Å². The largest absolute Gasteiger partial charge is 0.323 e. The molecule has 0 unspecified atom stereocenters. The van der Waals surface area contributed by atoms with Crippen LogP contribution in [0.3, 0.4) is 0 Å². The summed E-state index contributed by atoms with van der Waals surface area (Å²) in [7, 11) is 0. The maximum Gasteiger partial charge on any atom is 0.271 e. The fourth-order valence-corrected chi connectivity index (χ4v) is 2.65. The number of hydrogen-bond acceptors (Lipinski definition) is 5. The van der Waals surface area contributed by atoms with Crippen LogP contribution in [0, 0.1) is 22.9 Å². The molecule has 0 aliphatic heterocycles. The van der Waals surface area contributed by atoms with Gasteiger partial charge in [0.05, 0.1) is 27.8 Å². The Kier molecular flexibility index (Phi) is 4.93. The molecule has 1 N–H and O–H groups in total. The number of amides is 1. The van der Waals surface area contributed by atoms with Gasteiger partial charge in [-0.05, 0) is 24.6 Å². The summed E-state index contributed by atoms with van der Waals surface area (Å²) < 4.78 is 15.0. The summed E-state index contributed by atoms with van der Waals surface area (Å²) in [4.78, 5) is 38.9. The number of hydrogen-bond donors (Lipinski definition) is 1. The maximum absolute atomic E-state index is 13.7. The molecule has 0 aliphatic carbocycles. The van der Waals surface area contributed by atoms with E-state index in [0.29, 0.717) is 10.9 Å². The lowest BCUT2D eigenvalue weighted by Crippen LogP contribution is -2.24. The van der Waals surface area contributed by atoms with Gasteiger partial charge in [-0.1, -0.05) is 12.1 Å². The highest BCUT2D eigenvalue weighted by Gasteiger charge is 2.14. The Bertz CT molecular complexity index is 1110. The molecule has 1 aromatic heterocycles. The van der Waals surface area contributed by atoms with Gasteiger partial charge in [-0.3, -0.25) is 24.3 Å². The van der Waals surface area contributed by atoms with E-state index in [4.69, 9.17) is 0 Å². The molecule has 8 nitrogen and oxygen atoms in total. The molecule has 1 amide bonds. The van der Waals surface area contributed by atoms with Crippen molar-refractivity contribution in [2.24, 2.45) is 0 Å². The number of aryl methyl sites for hydroxylation is 2. The van der Waals surface area contributed by atoms with Crippen LogP contribution in [0.25, 0.3) is 10.9 Å². The van der Waals surface area contributed by atoms with Crippen LogP contribution in [0.2, 0.25) is 0 Å². The monoisotopic (exact) mass is 370 g/mol. The van der Waals surface area contributed by atoms with Crippen LogP contribution in [0.5, 0.6) is 0 Å². The lowest BCUT2D eigenvalue weighted by Gasteiger charge is -2.09. The average molecular weight is 370 g/mol. The predicted molar refractivity (Wildman–Crippen MR) is 97.0 cm³/mol. The van der Waals surface area contributed by atoms with E-state index in [9.17, 15) is 24.1 Å². The molecule has 3 aromatic rings. The Labute approximate surface area is 152 Å². The van der Waals surface area contributed by atoms with Crippen molar-refractivity contribution in [3.8, 4) is 0 Å². The lowest BCUT2D eigenvalue weighted by atomic mass is 10.1. The number of fused-ring (bicyclic) bond motifs is 1. The number of nitrogens with one attached hydrogen (secondary N) is 1. The first kappa shape index (κ1) is 18.2. The number of carbonyl (C=O) groups is 1. The third-order valence-electron chi connectivity index (χ3n) is 4.07. The Morgan fingerprint density at radius 2 is 2.11 bits per heavy atom. The average Bonchev–Trinajstić information content (AvgIpc) is 2.63. The lowest BCUT2D eigenvalue weighted by molar-refractivity contribution is -0.384. The summed E-state index contributed by atoms with van der Waals surface area (Å²) in [6.07, 6.45) is 1.24. The van der Waals surface area contributed by atoms with Gasteiger partial charge in [0.1, 0.15) is 5.82 Å². The Balaban J connectivity index is 1.74. The second-order valence-corrected chi connectivity index (χ2v) is 5.93. The molecule has 0 spiro atoms. The van der Waals surface area contributed by atoms with Gasteiger partial charge in [-0.15, -0.1) is 0 Å². The minimum absolute atomic E-state index is 0.0398. The summed E-state index contributed by atoms with van der Waals surface area (Å²) in [5.41, 5.74) is 0.571. The molecule has 1 heterocycles. The number of carbonyl (C=O) groups excluding carboxylic acids is 1. The molecule has 0 aliphatic rings. The van der Waals surface area contributed by atoms with Crippen molar-refractivity contribution in [1.82, 2.24) is 9.55 Å². The number of para-hydroxylation sites is 1. The summed E-state index contributed by atoms with van der Waals surface area (Å²) in [6.45, 7) is 1.89. The molecule has 0 saturated carbocycles. The van der Waals surface area contributed by atoms with Crippen molar-refractivity contribution in [1.29, 1.82) is 0 Å². The van der Waals surface area contributed by atoms with Crippen LogP contribution in [-0.2, 0) is 11.3 Å². The van der Waals surface area contributed by atoms with E-state index in [1.54, 1.807) is 12.1 Å². The Morgan fingerprint density at radius 3 is 2.85 bits per heavy atom. The molecule has 0 saturated heterocycles. The van der Waals surface area contributed by atoms with Crippen molar-refractivity contribution in [2.75, 3.05) is 5.32 Å². The van der Waals surface area contributed by atoms with Gasteiger partial charge in [0, 0.05) is 25.1 Å². The zero-order valence-electron chi connectivity index (χ0n) is 14.3. The predicted octanol–water partition coefficient (Wildman–Crippen LogP) is 2.78. The van der Waals surface area contributed by atoms with Gasteiger partial charge < -0.3 is 5.32 Å². The first-order chi connectivity index (χ1) is 12.9. The van der Waals surface area contributed by atoms with Gasteiger partial charge in [0.25, 0.3) is 11.2 Å². The van der Waals surface area contributed by atoms with E-state index in [1.165, 1.54) is 10.9 Å². The molecule has 3 rings (SSSR count). The molecule has 0 bridgehead atoms. The number of nitro groups is 1. The molecule has 0 fully saturated rings. The highest BCUT2D eigenvalue weighted by molar-refractivity contribution is 5.91. The van der Waals surface area contributed by atoms with Crippen LogP contribution in [0.1, 0.15) is 12.0 Å². The normalized spacial score (nSPS) is 10.7. The highest BCUT2D eigenvalue weighted by Crippen LogP contribution is 2.21. The van der Waals surface area contributed by atoms with Crippen LogP contribution in [0.15, 0.2) is 47.5 Å². The maximum atomic E-state index is 13.7. The zero-order chi connectivity index (χ0) is 19.6. The number of benzene rings is 2. The van der Waals surface area contributed by atoms with Crippen molar-refractivity contribution < 1.29 is 14.1 Å². The van der Waals surface area contributed by atoms with Crippen molar-refractivity contribution >= 4 is 28.2 Å². The van der Waals surface area contributed by atoms with E-state index >= 15 is 0 Å². The van der Waals surface area contributed by atoms with E-state index < -0.39 is 16.6 Å². The van der Waals surface area contributed by atoms with Crippen LogP contribution in [0.4, 0.5) is 15.8 Å². The van der Waals surface area contributed by atoms with Crippen LogP contribution < -0.4 is 10.9 Å². The van der Waals surface area contributed by atoms with Crippen molar-refractivity contribution in [3.05, 3.63) is 74.6 Å². The molecule has 0 radical (unpaired) electrons. The first-order valence-electron chi connectivity index (χ1n) is 8.05. The topological polar surface area (TPSA) is 107 Å². The standard InChI is InChI=1S/C18H15FN4O4/c1-11-3-2-4-13-17(11)20-10-22(18(13)25)8-7-16(24)21-15-9-12(23(26)27)5-6-14(15)19/h2-6,9-10H,7-8H2,1H3,(H,21,24). The zero-order valence-corrected chi connectivity index (χ0v) is 14.3.